The minimum Gasteiger partial charge on any atom is -0.463 e. The van der Waals surface area contributed by atoms with Crippen LogP contribution in [0.2, 0.25) is 0 Å². The van der Waals surface area contributed by atoms with Crippen molar-refractivity contribution in [2.24, 2.45) is 17.3 Å². The molecule has 3 rings (SSSR count). The molecule has 262 valence electrons. The van der Waals surface area contributed by atoms with E-state index in [2.05, 4.69) is 23.8 Å². The van der Waals surface area contributed by atoms with E-state index in [1.165, 1.54) is 0 Å². The Labute approximate surface area is 272 Å². The first-order chi connectivity index (χ1) is 21.1. The molecule has 8 atom stereocenters. The van der Waals surface area contributed by atoms with E-state index in [-0.39, 0.29) is 42.9 Å². The smallest absolute Gasteiger partial charge is 0.319 e. The van der Waals surface area contributed by atoms with Crippen molar-refractivity contribution >= 4 is 11.8 Å². The van der Waals surface area contributed by atoms with Crippen LogP contribution in [0.15, 0.2) is 0 Å². The second-order valence-corrected chi connectivity index (χ2v) is 15.0. The fourth-order valence-corrected chi connectivity index (χ4v) is 7.28. The molecule has 1 N–H and O–H groups in total. The van der Waals surface area contributed by atoms with Crippen molar-refractivity contribution in [1.29, 1.82) is 0 Å². The maximum Gasteiger partial charge on any atom is 0.319 e. The molecule has 0 aromatic rings. The first-order valence-electron chi connectivity index (χ1n) is 16.9. The molecule has 0 aliphatic carbocycles. The van der Waals surface area contributed by atoms with Crippen LogP contribution in [0.3, 0.4) is 0 Å². The SMILES string of the molecule is COCCN1CCC(C[C@@H]2COC(=O)C(C)(C)C(=O)C[C@@H](O[C@@H]3O[C@H](C)C[C@H](N(C)C)[C@H]3O)[C@](C)(OC)C[C@@H](C)CN2C)CC1. The topological polar surface area (TPSA) is 110 Å². The van der Waals surface area contributed by atoms with E-state index in [4.69, 9.17) is 23.7 Å². The molecular formula is C34H63N3O8. The minimum absolute atomic E-state index is 0.0367. The number of ketones is 1. The molecule has 11 nitrogen and oxygen atoms in total. The lowest BCUT2D eigenvalue weighted by Crippen LogP contribution is -2.57. The summed E-state index contributed by atoms with van der Waals surface area (Å²) >= 11 is 0. The number of aliphatic hydroxyl groups excluding tert-OH is 1. The molecule has 0 aromatic carbocycles. The van der Waals surface area contributed by atoms with Gasteiger partial charge in [-0.2, -0.15) is 0 Å². The van der Waals surface area contributed by atoms with Gasteiger partial charge in [0.05, 0.1) is 24.4 Å². The second-order valence-electron chi connectivity index (χ2n) is 15.0. The van der Waals surface area contributed by atoms with Gasteiger partial charge in [0, 0.05) is 45.8 Å². The predicted octanol–water partition coefficient (Wildman–Crippen LogP) is 2.82. The number of carbonyl (C=O) groups is 2. The second kappa shape index (κ2) is 16.8. The van der Waals surface area contributed by atoms with Crippen LogP contribution in [0.5, 0.6) is 0 Å². The number of Topliss-reactive ketones (excluding diaryl/α,β-unsaturated/α-hetero) is 1. The highest BCUT2D eigenvalue weighted by atomic mass is 16.7. The fourth-order valence-electron chi connectivity index (χ4n) is 7.28. The van der Waals surface area contributed by atoms with Gasteiger partial charge in [0.15, 0.2) is 12.1 Å². The Morgan fingerprint density at radius 2 is 1.76 bits per heavy atom. The van der Waals surface area contributed by atoms with Gasteiger partial charge < -0.3 is 38.6 Å². The molecule has 0 bridgehead atoms. The number of carbonyl (C=O) groups excluding carboxylic acids is 2. The molecule has 0 amide bonds. The molecule has 0 unspecified atom stereocenters. The number of ether oxygens (including phenoxy) is 5. The summed E-state index contributed by atoms with van der Waals surface area (Å²) in [5, 5.41) is 11.2. The van der Waals surface area contributed by atoms with E-state index in [1.54, 1.807) is 28.1 Å². The number of likely N-dealkylation sites (tertiary alicyclic amines) is 1. The van der Waals surface area contributed by atoms with Gasteiger partial charge in [-0.25, -0.2) is 0 Å². The van der Waals surface area contributed by atoms with Crippen molar-refractivity contribution in [2.45, 2.75) is 115 Å². The highest BCUT2D eigenvalue weighted by Gasteiger charge is 2.48. The van der Waals surface area contributed by atoms with Crippen molar-refractivity contribution in [3.8, 4) is 0 Å². The zero-order chi connectivity index (χ0) is 33.5. The highest BCUT2D eigenvalue weighted by molar-refractivity contribution is 6.03. The number of esters is 1. The van der Waals surface area contributed by atoms with E-state index in [1.807, 2.05) is 32.8 Å². The molecule has 3 heterocycles. The lowest BCUT2D eigenvalue weighted by molar-refractivity contribution is -0.289. The summed E-state index contributed by atoms with van der Waals surface area (Å²) in [5.74, 6) is -0.105. The molecule has 45 heavy (non-hydrogen) atoms. The van der Waals surface area contributed by atoms with E-state index >= 15 is 0 Å². The maximum absolute atomic E-state index is 13.9. The Hall–Kier alpha value is -1.18. The summed E-state index contributed by atoms with van der Waals surface area (Å²) in [6, 6.07) is -0.124. The molecule has 11 heteroatoms. The average Bonchev–Trinajstić information content (AvgIpc) is 2.98. The summed E-state index contributed by atoms with van der Waals surface area (Å²) in [6.07, 6.45) is 1.58. The number of likely N-dealkylation sites (N-methyl/N-ethyl adjacent to an activating group) is 2. The van der Waals surface area contributed by atoms with Gasteiger partial charge in [0.1, 0.15) is 18.1 Å². The van der Waals surface area contributed by atoms with E-state index in [0.29, 0.717) is 18.8 Å². The predicted molar refractivity (Wildman–Crippen MR) is 173 cm³/mol. The monoisotopic (exact) mass is 641 g/mol. The minimum atomic E-state index is -1.38. The summed E-state index contributed by atoms with van der Waals surface area (Å²) in [4.78, 5) is 34.2. The van der Waals surface area contributed by atoms with Crippen LogP contribution >= 0.6 is 0 Å². The molecule has 3 fully saturated rings. The van der Waals surface area contributed by atoms with Crippen LogP contribution in [0.4, 0.5) is 0 Å². The van der Waals surface area contributed by atoms with Crippen molar-refractivity contribution in [3.05, 3.63) is 0 Å². The van der Waals surface area contributed by atoms with Crippen LogP contribution in [0.25, 0.3) is 0 Å². The van der Waals surface area contributed by atoms with Crippen LogP contribution < -0.4 is 0 Å². The Bertz CT molecular complexity index is 942. The number of aliphatic hydroxyl groups is 1. The first kappa shape index (κ1) is 38.3. The average molecular weight is 642 g/mol. The molecule has 0 aromatic heterocycles. The van der Waals surface area contributed by atoms with Gasteiger partial charge in [-0.3, -0.25) is 14.5 Å². The van der Waals surface area contributed by atoms with Gasteiger partial charge in [0.25, 0.3) is 0 Å². The van der Waals surface area contributed by atoms with E-state index < -0.39 is 35.5 Å². The highest BCUT2D eigenvalue weighted by Crippen LogP contribution is 2.36. The summed E-state index contributed by atoms with van der Waals surface area (Å²) in [6.45, 7) is 14.2. The Morgan fingerprint density at radius 3 is 2.36 bits per heavy atom. The fraction of sp³-hybridized carbons (Fsp3) is 0.941. The Kier molecular flexibility index (Phi) is 14.3. The largest absolute Gasteiger partial charge is 0.463 e. The van der Waals surface area contributed by atoms with Gasteiger partial charge in [-0.15, -0.1) is 0 Å². The lowest BCUT2D eigenvalue weighted by atomic mass is 9.79. The zero-order valence-corrected chi connectivity index (χ0v) is 29.8. The van der Waals surface area contributed by atoms with Gasteiger partial charge in [-0.05, 0) is 106 Å². The first-order valence-corrected chi connectivity index (χ1v) is 16.9. The normalized spacial score (nSPS) is 37.1. The number of rotatable bonds is 9. The zero-order valence-electron chi connectivity index (χ0n) is 29.8. The number of piperidine rings is 1. The summed E-state index contributed by atoms with van der Waals surface area (Å²) in [5.41, 5.74) is -2.26. The maximum atomic E-state index is 13.9. The molecule has 3 aliphatic heterocycles. The molecule has 0 saturated carbocycles. The number of hydrogen-bond acceptors (Lipinski definition) is 11. The van der Waals surface area contributed by atoms with Crippen LogP contribution in [0, 0.1) is 17.3 Å². The van der Waals surface area contributed by atoms with Crippen LogP contribution in [-0.2, 0) is 33.3 Å². The quantitative estimate of drug-likeness (QED) is 0.297. The van der Waals surface area contributed by atoms with Crippen molar-refractivity contribution < 1.29 is 38.4 Å². The third-order valence-corrected chi connectivity index (χ3v) is 10.6. The number of methoxy groups -OCH3 is 2. The Balaban J connectivity index is 1.83. The molecule has 3 saturated heterocycles. The Morgan fingerprint density at radius 1 is 1.09 bits per heavy atom. The molecule has 0 radical (unpaired) electrons. The van der Waals surface area contributed by atoms with Crippen molar-refractivity contribution in [2.75, 3.05) is 74.8 Å². The number of cyclic esters (lactones) is 1. The van der Waals surface area contributed by atoms with Gasteiger partial charge >= 0.3 is 5.97 Å². The summed E-state index contributed by atoms with van der Waals surface area (Å²) in [7, 11) is 9.34. The van der Waals surface area contributed by atoms with Crippen molar-refractivity contribution in [3.63, 3.8) is 0 Å². The number of nitrogens with zero attached hydrogens (tertiary/aromatic N) is 3. The van der Waals surface area contributed by atoms with Crippen LogP contribution in [-0.4, -0.2) is 149 Å². The van der Waals surface area contributed by atoms with E-state index in [9.17, 15) is 14.7 Å². The lowest BCUT2D eigenvalue weighted by Gasteiger charge is -2.45. The molecular weight excluding hydrogens is 578 g/mol. The standard InChI is InChI=1S/C34H63N3O8/c1-23-20-34(5,42-10)29(45-31-30(39)27(35(6)7)17-24(2)44-31)19-28(38)33(3,4)32(40)43-22-26(36(8)21-23)18-25-11-13-37(14-12-25)15-16-41-9/h23-27,29-31,39H,11-22H2,1-10H3/t23-,24-,26-,27+,29-,30-,31+,34-/m1/s1. The third-order valence-electron chi connectivity index (χ3n) is 10.6. The van der Waals surface area contributed by atoms with Gasteiger partial charge in [0.2, 0.25) is 0 Å². The third kappa shape index (κ3) is 10.2. The number of hydrogen-bond donors (Lipinski definition) is 1. The summed E-state index contributed by atoms with van der Waals surface area (Å²) < 4.78 is 30.0. The van der Waals surface area contributed by atoms with E-state index in [0.717, 1.165) is 52.0 Å². The van der Waals surface area contributed by atoms with Crippen molar-refractivity contribution in [1.82, 2.24) is 14.7 Å². The molecule has 3 aliphatic rings. The van der Waals surface area contributed by atoms with Crippen LogP contribution in [0.1, 0.15) is 73.1 Å². The molecule has 0 spiro atoms. The van der Waals surface area contributed by atoms with Gasteiger partial charge in [-0.1, -0.05) is 6.92 Å².